The third kappa shape index (κ3) is 2.81. The van der Waals surface area contributed by atoms with Crippen LogP contribution in [-0.2, 0) is 6.54 Å². The molecule has 3 heteroatoms. The number of phenols is 1. The van der Waals surface area contributed by atoms with Crippen molar-refractivity contribution in [3.8, 4) is 5.75 Å². The lowest BCUT2D eigenvalue weighted by molar-refractivity contribution is 0.234. The van der Waals surface area contributed by atoms with Crippen LogP contribution in [-0.4, -0.2) is 23.1 Å². The first-order valence-electron chi connectivity index (χ1n) is 6.78. The largest absolute Gasteiger partial charge is 0.508 e. The second kappa shape index (κ2) is 5.50. The molecule has 0 aliphatic carbocycles. The summed E-state index contributed by atoms with van der Waals surface area (Å²) in [5, 5.41) is 10.5. The van der Waals surface area contributed by atoms with Gasteiger partial charge in [0.2, 0.25) is 0 Å². The van der Waals surface area contributed by atoms with E-state index in [1.165, 1.54) is 19.3 Å². The van der Waals surface area contributed by atoms with E-state index in [9.17, 15) is 5.11 Å². The third-order valence-electron chi connectivity index (χ3n) is 4.45. The predicted molar refractivity (Wildman–Crippen MR) is 76.0 cm³/mol. The molecule has 1 heterocycles. The van der Waals surface area contributed by atoms with Gasteiger partial charge in [-0.05, 0) is 49.4 Å². The van der Waals surface area contributed by atoms with Gasteiger partial charge in [-0.2, -0.15) is 0 Å². The molecule has 18 heavy (non-hydrogen) atoms. The molecule has 2 nitrogen and oxygen atoms in total. The van der Waals surface area contributed by atoms with Gasteiger partial charge in [-0.15, -0.1) is 0 Å². The normalized spacial score (nSPS) is 19.3. The Kier molecular flexibility index (Phi) is 4.18. The molecule has 1 fully saturated rings. The van der Waals surface area contributed by atoms with Crippen molar-refractivity contribution >= 4 is 11.6 Å². The number of rotatable bonds is 4. The van der Waals surface area contributed by atoms with Crippen LogP contribution in [0.2, 0.25) is 5.02 Å². The molecule has 0 bridgehead atoms. The smallest absolute Gasteiger partial charge is 0.120 e. The first-order valence-corrected chi connectivity index (χ1v) is 7.16. The number of hydrogen-bond donors (Lipinski definition) is 1. The average Bonchev–Trinajstić information content (AvgIpc) is 2.78. The third-order valence-corrected chi connectivity index (χ3v) is 4.69. The van der Waals surface area contributed by atoms with Crippen molar-refractivity contribution in [2.75, 3.05) is 13.1 Å². The van der Waals surface area contributed by atoms with E-state index >= 15 is 0 Å². The molecule has 1 aliphatic rings. The fraction of sp³-hybridized carbons (Fsp3) is 0.600. The minimum atomic E-state index is 0.352. The molecule has 2 rings (SSSR count). The second-order valence-electron chi connectivity index (χ2n) is 5.44. The van der Waals surface area contributed by atoms with Gasteiger partial charge in [0.15, 0.2) is 0 Å². The highest BCUT2D eigenvalue weighted by Crippen LogP contribution is 2.38. The van der Waals surface area contributed by atoms with Crippen molar-refractivity contribution in [1.29, 1.82) is 0 Å². The molecule has 1 N–H and O–H groups in total. The van der Waals surface area contributed by atoms with Crippen molar-refractivity contribution in [2.24, 2.45) is 5.41 Å². The van der Waals surface area contributed by atoms with Crippen LogP contribution in [0.15, 0.2) is 18.2 Å². The summed E-state index contributed by atoms with van der Waals surface area (Å²) in [6.45, 7) is 7.61. The molecular weight excluding hydrogens is 246 g/mol. The Bertz CT molecular complexity index is 415. The number of phenolic OH excluding ortho intramolecular Hbond substituents is 1. The van der Waals surface area contributed by atoms with Crippen molar-refractivity contribution < 1.29 is 5.11 Å². The summed E-state index contributed by atoms with van der Waals surface area (Å²) in [5.41, 5.74) is 1.42. The van der Waals surface area contributed by atoms with Gasteiger partial charge in [-0.1, -0.05) is 25.4 Å². The van der Waals surface area contributed by atoms with E-state index in [1.807, 2.05) is 6.07 Å². The summed E-state index contributed by atoms with van der Waals surface area (Å²) in [5.74, 6) is 0.352. The van der Waals surface area contributed by atoms with Gasteiger partial charge in [-0.25, -0.2) is 0 Å². The Morgan fingerprint density at radius 2 is 2.06 bits per heavy atom. The fourth-order valence-electron chi connectivity index (χ4n) is 2.91. The van der Waals surface area contributed by atoms with Crippen LogP contribution >= 0.6 is 11.6 Å². The van der Waals surface area contributed by atoms with E-state index in [1.54, 1.807) is 12.1 Å². The maximum absolute atomic E-state index is 9.85. The molecule has 0 amide bonds. The highest BCUT2D eigenvalue weighted by Gasteiger charge is 2.34. The molecule has 0 unspecified atom stereocenters. The molecular formula is C15H22ClNO. The number of aromatic hydroxyl groups is 1. The van der Waals surface area contributed by atoms with Crippen molar-refractivity contribution in [1.82, 2.24) is 4.90 Å². The van der Waals surface area contributed by atoms with Crippen molar-refractivity contribution in [3.63, 3.8) is 0 Å². The zero-order valence-electron chi connectivity index (χ0n) is 11.2. The fourth-order valence-corrected chi connectivity index (χ4v) is 3.11. The number of benzene rings is 1. The van der Waals surface area contributed by atoms with E-state index in [0.717, 1.165) is 25.2 Å². The van der Waals surface area contributed by atoms with Gasteiger partial charge < -0.3 is 5.11 Å². The molecule has 0 saturated carbocycles. The maximum Gasteiger partial charge on any atom is 0.120 e. The van der Waals surface area contributed by atoms with Gasteiger partial charge in [-0.3, -0.25) is 4.90 Å². The zero-order chi connectivity index (χ0) is 13.2. The molecule has 0 radical (unpaired) electrons. The van der Waals surface area contributed by atoms with Gasteiger partial charge in [0.05, 0.1) is 0 Å². The Morgan fingerprint density at radius 1 is 1.33 bits per heavy atom. The van der Waals surface area contributed by atoms with Crippen LogP contribution < -0.4 is 0 Å². The monoisotopic (exact) mass is 267 g/mol. The molecule has 100 valence electrons. The Hall–Kier alpha value is -0.730. The minimum Gasteiger partial charge on any atom is -0.508 e. The van der Waals surface area contributed by atoms with Crippen LogP contribution in [0.1, 0.15) is 38.7 Å². The minimum absolute atomic E-state index is 0.352. The Labute approximate surface area is 115 Å². The molecule has 0 aromatic heterocycles. The lowest BCUT2D eigenvalue weighted by Gasteiger charge is -2.26. The number of hydrogen-bond acceptors (Lipinski definition) is 2. The Balaban J connectivity index is 2.05. The topological polar surface area (TPSA) is 23.5 Å². The lowest BCUT2D eigenvalue weighted by atomic mass is 9.82. The van der Waals surface area contributed by atoms with Crippen molar-refractivity contribution in [2.45, 2.75) is 39.7 Å². The first kappa shape index (κ1) is 13.7. The average molecular weight is 268 g/mol. The first-order chi connectivity index (χ1) is 8.58. The lowest BCUT2D eigenvalue weighted by Crippen LogP contribution is -2.26. The number of likely N-dealkylation sites (tertiary alicyclic amines) is 1. The Morgan fingerprint density at radius 3 is 2.67 bits per heavy atom. The second-order valence-corrected chi connectivity index (χ2v) is 5.88. The predicted octanol–water partition coefficient (Wildman–Crippen LogP) is 4.06. The van der Waals surface area contributed by atoms with Gasteiger partial charge in [0.1, 0.15) is 5.75 Å². The standard InChI is InChI=1S/C15H22ClNO/c1-3-15(4-2)7-8-17(11-15)10-12-9-13(16)5-6-14(12)18/h5-6,9,18H,3-4,7-8,10-11H2,1-2H3. The summed E-state index contributed by atoms with van der Waals surface area (Å²) in [4.78, 5) is 2.43. The zero-order valence-corrected chi connectivity index (χ0v) is 12.0. The van der Waals surface area contributed by atoms with E-state index in [-0.39, 0.29) is 0 Å². The maximum atomic E-state index is 9.85. The summed E-state index contributed by atoms with van der Waals surface area (Å²) in [6.07, 6.45) is 3.74. The van der Waals surface area contributed by atoms with Crippen LogP contribution in [0.4, 0.5) is 0 Å². The van der Waals surface area contributed by atoms with Crippen molar-refractivity contribution in [3.05, 3.63) is 28.8 Å². The molecule has 1 saturated heterocycles. The molecule has 0 atom stereocenters. The van der Waals surface area contributed by atoms with Gasteiger partial charge >= 0.3 is 0 Å². The number of halogens is 1. The summed E-state index contributed by atoms with van der Waals surface area (Å²) in [6, 6.07) is 5.28. The summed E-state index contributed by atoms with van der Waals surface area (Å²) >= 11 is 5.98. The molecule has 1 aromatic carbocycles. The summed E-state index contributed by atoms with van der Waals surface area (Å²) < 4.78 is 0. The van der Waals surface area contributed by atoms with Crippen LogP contribution in [0.5, 0.6) is 5.75 Å². The van der Waals surface area contributed by atoms with Crippen LogP contribution in [0.25, 0.3) is 0 Å². The quantitative estimate of drug-likeness (QED) is 0.889. The highest BCUT2D eigenvalue weighted by atomic mass is 35.5. The van der Waals surface area contributed by atoms with E-state index in [2.05, 4.69) is 18.7 Å². The molecule has 1 aromatic rings. The van der Waals surface area contributed by atoms with Crippen LogP contribution in [0, 0.1) is 5.41 Å². The van der Waals surface area contributed by atoms with E-state index < -0.39 is 0 Å². The molecule has 1 aliphatic heterocycles. The SMILES string of the molecule is CCC1(CC)CCN(Cc2cc(Cl)ccc2O)C1. The van der Waals surface area contributed by atoms with Gasteiger partial charge in [0, 0.05) is 23.7 Å². The van der Waals surface area contributed by atoms with Crippen LogP contribution in [0.3, 0.4) is 0 Å². The van der Waals surface area contributed by atoms with Gasteiger partial charge in [0.25, 0.3) is 0 Å². The molecule has 0 spiro atoms. The number of nitrogens with zero attached hydrogens (tertiary/aromatic N) is 1. The van der Waals surface area contributed by atoms with E-state index in [4.69, 9.17) is 11.6 Å². The highest BCUT2D eigenvalue weighted by molar-refractivity contribution is 6.30. The summed E-state index contributed by atoms with van der Waals surface area (Å²) in [7, 11) is 0. The van der Waals surface area contributed by atoms with E-state index in [0.29, 0.717) is 16.2 Å².